The van der Waals surface area contributed by atoms with E-state index in [0.717, 1.165) is 31.6 Å². The maximum Gasteiger partial charge on any atom is 0.158 e. The van der Waals surface area contributed by atoms with Crippen molar-refractivity contribution in [2.24, 2.45) is 0 Å². The van der Waals surface area contributed by atoms with Crippen molar-refractivity contribution in [1.82, 2.24) is 0 Å². The van der Waals surface area contributed by atoms with Gasteiger partial charge in [-0.15, -0.1) is 0 Å². The molecule has 0 unspecified atom stereocenters. The topological polar surface area (TPSA) is 0 Å². The first kappa shape index (κ1) is 27.8. The van der Waals surface area contributed by atoms with Gasteiger partial charge in [0.25, 0.3) is 0 Å². The molecule has 0 aliphatic heterocycles. The van der Waals surface area contributed by atoms with Gasteiger partial charge in [0, 0.05) is 31.0 Å². The molecule has 11 heteroatoms. The standard InChI is InChI=1S/C24H16Cl2S2.F6P/c25-18-10-6-16(7-11-18)23-21(27)14-15-22(28-20-4-2-1-3-5-20)24(23)17-8-12-19(26)13-9-17;1-7(2,3,4,5)6/h1-15,27H;/q;-1/p+1. The summed E-state index contributed by atoms with van der Waals surface area (Å²) in [6, 6.07) is 30.6. The SMILES string of the molecule is F[P-](F)(F)(F)(F)F.[SH2+]c1ccc(Sc2ccccc2)c(-c2ccc(Cl)cc2)c1-c1ccc(Cl)cc1. The molecule has 0 heterocycles. The fraction of sp³-hybridized carbons (Fsp3) is 0. The summed E-state index contributed by atoms with van der Waals surface area (Å²) in [7, 11) is -10.7. The molecule has 0 aliphatic carbocycles. The Labute approximate surface area is 217 Å². The van der Waals surface area contributed by atoms with E-state index in [1.165, 1.54) is 15.4 Å². The van der Waals surface area contributed by atoms with Crippen LogP contribution in [-0.4, -0.2) is 0 Å². The Morgan fingerprint density at radius 1 is 0.571 bits per heavy atom. The molecule has 35 heavy (non-hydrogen) atoms. The van der Waals surface area contributed by atoms with Gasteiger partial charge < -0.3 is 0 Å². The Bertz CT molecular complexity index is 1300. The van der Waals surface area contributed by atoms with Crippen molar-refractivity contribution in [1.29, 1.82) is 0 Å². The van der Waals surface area contributed by atoms with Crippen molar-refractivity contribution in [3.05, 3.63) is 101 Å². The molecular weight excluding hydrogens is 568 g/mol. The zero-order valence-electron chi connectivity index (χ0n) is 17.5. The van der Waals surface area contributed by atoms with Gasteiger partial charge in [-0.1, -0.05) is 77.4 Å². The summed E-state index contributed by atoms with van der Waals surface area (Å²) in [6.07, 6.45) is 0. The summed E-state index contributed by atoms with van der Waals surface area (Å²) >= 11 is 17.8. The molecule has 0 saturated carbocycles. The smallest absolute Gasteiger partial charge is 0.0894 e. The Morgan fingerprint density at radius 2 is 1.00 bits per heavy atom. The van der Waals surface area contributed by atoms with Crippen LogP contribution in [0.5, 0.6) is 0 Å². The first-order valence-electron chi connectivity index (χ1n) is 9.76. The number of halogens is 8. The molecule has 0 saturated heterocycles. The predicted octanol–water partition coefficient (Wildman–Crippen LogP) is 11.2. The summed E-state index contributed by atoms with van der Waals surface area (Å²) in [5, 5.41) is 1.45. The van der Waals surface area contributed by atoms with Gasteiger partial charge in [-0.2, -0.15) is 0 Å². The Morgan fingerprint density at radius 3 is 1.46 bits per heavy atom. The van der Waals surface area contributed by atoms with Gasteiger partial charge in [0.05, 0.1) is 0 Å². The fourth-order valence-corrected chi connectivity index (χ4v) is 4.71. The minimum absolute atomic E-state index is 0.724. The molecule has 0 amide bonds. The Kier molecular flexibility index (Phi) is 7.86. The van der Waals surface area contributed by atoms with Crippen LogP contribution in [0.4, 0.5) is 25.2 Å². The van der Waals surface area contributed by atoms with Gasteiger partial charge in [-0.25, -0.2) is 0 Å². The number of hydrogen-bond acceptors (Lipinski definition) is 1. The maximum atomic E-state index is 9.87. The average Bonchev–Trinajstić information content (AvgIpc) is 2.75. The molecule has 0 fully saturated rings. The maximum absolute atomic E-state index is 10.7. The van der Waals surface area contributed by atoms with E-state index in [0.29, 0.717) is 0 Å². The van der Waals surface area contributed by atoms with Crippen LogP contribution in [0.1, 0.15) is 0 Å². The van der Waals surface area contributed by atoms with Gasteiger partial charge in [0.2, 0.25) is 0 Å². The van der Waals surface area contributed by atoms with Crippen LogP contribution >= 0.6 is 42.8 Å². The molecule has 0 N–H and O–H groups in total. The van der Waals surface area contributed by atoms with Crippen molar-refractivity contribution in [2.45, 2.75) is 14.7 Å². The number of hydrogen-bond donors (Lipinski definition) is 0. The van der Waals surface area contributed by atoms with Crippen molar-refractivity contribution in [3.63, 3.8) is 0 Å². The first-order chi connectivity index (χ1) is 16.1. The van der Waals surface area contributed by atoms with Crippen LogP contribution in [-0.2, 0) is 12.6 Å². The fourth-order valence-electron chi connectivity index (χ4n) is 3.10. The third-order valence-corrected chi connectivity index (χ3v) is 6.39. The summed E-state index contributed by atoms with van der Waals surface area (Å²) in [5.41, 5.74) is 4.53. The number of benzene rings is 4. The molecular formula is C24H17Cl2F6PS2. The molecule has 4 rings (SSSR count). The van der Waals surface area contributed by atoms with Gasteiger partial charge in [-0.3, -0.25) is 0 Å². The molecule has 0 aliphatic rings. The quantitative estimate of drug-likeness (QED) is 0.130. The zero-order chi connectivity index (χ0) is 25.9. The van der Waals surface area contributed by atoms with Crippen LogP contribution in [0, 0.1) is 0 Å². The average molecular weight is 585 g/mol. The third-order valence-electron chi connectivity index (χ3n) is 4.40. The van der Waals surface area contributed by atoms with Gasteiger partial charge in [0.15, 0.2) is 4.90 Å². The molecule has 4 aromatic carbocycles. The van der Waals surface area contributed by atoms with E-state index in [1.54, 1.807) is 11.8 Å². The number of rotatable bonds is 4. The van der Waals surface area contributed by atoms with Crippen molar-refractivity contribution >= 4 is 55.4 Å². The summed E-state index contributed by atoms with van der Waals surface area (Å²) in [6.45, 7) is 0. The van der Waals surface area contributed by atoms with E-state index in [9.17, 15) is 25.2 Å². The summed E-state index contributed by atoms with van der Waals surface area (Å²) < 4.78 is 59.2. The van der Waals surface area contributed by atoms with E-state index in [1.807, 2.05) is 30.3 Å². The Balaban J connectivity index is 0.000000429. The normalized spacial score (nSPS) is 13.3. The minimum atomic E-state index is -10.7. The summed E-state index contributed by atoms with van der Waals surface area (Å²) in [5.74, 6) is 0. The van der Waals surface area contributed by atoms with Crippen LogP contribution in [0.3, 0.4) is 0 Å². The van der Waals surface area contributed by atoms with E-state index in [-0.39, 0.29) is 0 Å². The van der Waals surface area contributed by atoms with Crippen molar-refractivity contribution in [2.75, 3.05) is 0 Å². The van der Waals surface area contributed by atoms with Crippen molar-refractivity contribution < 1.29 is 25.2 Å². The van der Waals surface area contributed by atoms with Gasteiger partial charge >= 0.3 is 33.0 Å². The second-order valence-corrected chi connectivity index (χ2v) is 11.7. The van der Waals surface area contributed by atoms with Crippen LogP contribution in [0.2, 0.25) is 10.0 Å². The van der Waals surface area contributed by atoms with Crippen LogP contribution in [0.15, 0.2) is 106 Å². The van der Waals surface area contributed by atoms with Gasteiger partial charge in [0.1, 0.15) is 0 Å². The molecule has 0 nitrogen and oxygen atoms in total. The van der Waals surface area contributed by atoms with Crippen molar-refractivity contribution in [3.8, 4) is 22.3 Å². The monoisotopic (exact) mass is 584 g/mol. The van der Waals surface area contributed by atoms with E-state index in [4.69, 9.17) is 23.2 Å². The first-order valence-corrected chi connectivity index (χ1v) is 13.9. The zero-order valence-corrected chi connectivity index (χ0v) is 21.8. The van der Waals surface area contributed by atoms with E-state index < -0.39 is 7.81 Å². The second-order valence-electron chi connectivity index (χ2n) is 7.25. The third kappa shape index (κ3) is 9.62. The molecule has 0 spiro atoms. The molecule has 0 atom stereocenters. The molecule has 0 radical (unpaired) electrons. The van der Waals surface area contributed by atoms with E-state index in [2.05, 4.69) is 73.3 Å². The molecule has 0 bridgehead atoms. The summed E-state index contributed by atoms with van der Waals surface area (Å²) in [4.78, 5) is 3.41. The largest absolute Gasteiger partial charge is 0.158 e. The predicted molar refractivity (Wildman–Crippen MR) is 140 cm³/mol. The molecule has 0 aromatic heterocycles. The second kappa shape index (κ2) is 9.91. The van der Waals surface area contributed by atoms with E-state index >= 15 is 0 Å². The Hall–Kier alpha value is -1.83. The van der Waals surface area contributed by atoms with Crippen LogP contribution < -0.4 is 0 Å². The molecule has 186 valence electrons. The van der Waals surface area contributed by atoms with Gasteiger partial charge in [-0.05, 0) is 72.3 Å². The minimum Gasteiger partial charge on any atom is -0.0894 e. The molecule has 4 aromatic rings. The van der Waals surface area contributed by atoms with Crippen LogP contribution in [0.25, 0.3) is 22.3 Å².